The van der Waals surface area contributed by atoms with Crippen molar-refractivity contribution in [1.29, 1.82) is 0 Å². The van der Waals surface area contributed by atoms with Gasteiger partial charge in [0.1, 0.15) is 17.1 Å². The fourth-order valence-electron chi connectivity index (χ4n) is 1.66. The number of carbonyl (C=O) groups excluding carboxylic acids is 1. The number of methoxy groups -OCH3 is 1. The first-order valence-electron chi connectivity index (χ1n) is 6.28. The van der Waals surface area contributed by atoms with Crippen LogP contribution in [-0.4, -0.2) is 24.7 Å². The zero-order valence-corrected chi connectivity index (χ0v) is 13.2. The number of halogens is 1. The second kappa shape index (κ2) is 7.08. The number of pyridine rings is 1. The van der Waals surface area contributed by atoms with E-state index in [1.807, 2.05) is 6.92 Å². The summed E-state index contributed by atoms with van der Waals surface area (Å²) in [6.45, 7) is 2.40. The van der Waals surface area contributed by atoms with Gasteiger partial charge in [-0.2, -0.15) is 0 Å². The Kier molecular flexibility index (Phi) is 5.16. The molecule has 5 nitrogen and oxygen atoms in total. The third-order valence-corrected chi connectivity index (χ3v) is 3.05. The molecule has 21 heavy (non-hydrogen) atoms. The molecule has 0 amide bonds. The standard InChI is InChI=1S/C15H14BrNO4/c1-3-20-11-5-6-12(15(18)19-2)13(8-11)21-14-7-4-10(16)9-17-14/h4-9H,3H2,1-2H3. The monoisotopic (exact) mass is 351 g/mol. The number of esters is 1. The quantitative estimate of drug-likeness (QED) is 0.766. The number of hydrogen-bond acceptors (Lipinski definition) is 5. The van der Waals surface area contributed by atoms with Crippen LogP contribution >= 0.6 is 15.9 Å². The molecule has 0 N–H and O–H groups in total. The SMILES string of the molecule is CCOc1ccc(C(=O)OC)c(Oc2ccc(Br)cn2)c1. The fourth-order valence-corrected chi connectivity index (χ4v) is 1.89. The number of carbonyl (C=O) groups is 1. The van der Waals surface area contributed by atoms with E-state index in [2.05, 4.69) is 20.9 Å². The molecule has 2 aromatic rings. The Morgan fingerprint density at radius 3 is 2.71 bits per heavy atom. The van der Waals surface area contributed by atoms with Crippen molar-refractivity contribution in [3.63, 3.8) is 0 Å². The smallest absolute Gasteiger partial charge is 0.341 e. The number of aromatic nitrogens is 1. The number of nitrogens with zero attached hydrogens (tertiary/aromatic N) is 1. The van der Waals surface area contributed by atoms with Crippen molar-refractivity contribution in [1.82, 2.24) is 4.98 Å². The summed E-state index contributed by atoms with van der Waals surface area (Å²) in [6.07, 6.45) is 1.61. The van der Waals surface area contributed by atoms with Crippen molar-refractivity contribution in [3.05, 3.63) is 46.6 Å². The molecule has 2 rings (SSSR count). The molecule has 0 radical (unpaired) electrons. The number of ether oxygens (including phenoxy) is 3. The third kappa shape index (κ3) is 3.95. The van der Waals surface area contributed by atoms with Gasteiger partial charge in [-0.3, -0.25) is 0 Å². The van der Waals surface area contributed by atoms with E-state index < -0.39 is 5.97 Å². The van der Waals surface area contributed by atoms with Gasteiger partial charge in [0.25, 0.3) is 0 Å². The maximum absolute atomic E-state index is 11.8. The van der Waals surface area contributed by atoms with Crippen molar-refractivity contribution >= 4 is 21.9 Å². The lowest BCUT2D eigenvalue weighted by Crippen LogP contribution is -2.04. The van der Waals surface area contributed by atoms with E-state index in [0.29, 0.717) is 29.5 Å². The minimum absolute atomic E-state index is 0.311. The van der Waals surface area contributed by atoms with Gasteiger partial charge < -0.3 is 14.2 Å². The van der Waals surface area contributed by atoms with Crippen LogP contribution < -0.4 is 9.47 Å². The van der Waals surface area contributed by atoms with Gasteiger partial charge in [0.2, 0.25) is 5.88 Å². The minimum Gasteiger partial charge on any atom is -0.494 e. The highest BCUT2D eigenvalue weighted by Crippen LogP contribution is 2.29. The molecule has 0 aliphatic carbocycles. The van der Waals surface area contributed by atoms with Gasteiger partial charge in [0.05, 0.1) is 13.7 Å². The maximum Gasteiger partial charge on any atom is 0.341 e. The lowest BCUT2D eigenvalue weighted by atomic mass is 10.2. The summed E-state index contributed by atoms with van der Waals surface area (Å²) in [4.78, 5) is 15.9. The average molecular weight is 352 g/mol. The highest BCUT2D eigenvalue weighted by atomic mass is 79.9. The first-order valence-corrected chi connectivity index (χ1v) is 7.08. The molecular formula is C15H14BrNO4. The average Bonchev–Trinajstić information content (AvgIpc) is 2.49. The molecule has 1 aromatic heterocycles. The Morgan fingerprint density at radius 2 is 2.10 bits per heavy atom. The molecular weight excluding hydrogens is 338 g/mol. The molecule has 0 bridgehead atoms. The van der Waals surface area contributed by atoms with Crippen LogP contribution in [0, 0.1) is 0 Å². The van der Waals surface area contributed by atoms with Crippen LogP contribution in [0.1, 0.15) is 17.3 Å². The molecule has 0 saturated carbocycles. The van der Waals surface area contributed by atoms with E-state index in [4.69, 9.17) is 14.2 Å². The van der Waals surface area contributed by atoms with Gasteiger partial charge in [0, 0.05) is 22.8 Å². The number of benzene rings is 1. The zero-order chi connectivity index (χ0) is 15.2. The Bertz CT molecular complexity index is 628. The van der Waals surface area contributed by atoms with Crippen molar-refractivity contribution in [2.24, 2.45) is 0 Å². The van der Waals surface area contributed by atoms with Gasteiger partial charge in [-0.05, 0) is 41.1 Å². The summed E-state index contributed by atoms with van der Waals surface area (Å²) in [7, 11) is 1.32. The molecule has 0 aliphatic rings. The Hall–Kier alpha value is -2.08. The first kappa shape index (κ1) is 15.3. The zero-order valence-electron chi connectivity index (χ0n) is 11.6. The molecule has 1 heterocycles. The molecule has 6 heteroatoms. The molecule has 0 fully saturated rings. The van der Waals surface area contributed by atoms with Crippen LogP contribution in [0.2, 0.25) is 0 Å². The van der Waals surface area contributed by atoms with Gasteiger partial charge in [-0.1, -0.05) is 0 Å². The molecule has 0 saturated heterocycles. The van der Waals surface area contributed by atoms with Crippen molar-refractivity contribution < 1.29 is 19.0 Å². The highest BCUT2D eigenvalue weighted by Gasteiger charge is 2.15. The van der Waals surface area contributed by atoms with Crippen molar-refractivity contribution in [2.75, 3.05) is 13.7 Å². The van der Waals surface area contributed by atoms with E-state index in [0.717, 1.165) is 4.47 Å². The summed E-state index contributed by atoms with van der Waals surface area (Å²) >= 11 is 3.30. The first-order chi connectivity index (χ1) is 10.1. The van der Waals surface area contributed by atoms with E-state index in [1.165, 1.54) is 7.11 Å². The van der Waals surface area contributed by atoms with Crippen LogP contribution in [0.4, 0.5) is 0 Å². The van der Waals surface area contributed by atoms with Crippen molar-refractivity contribution in [3.8, 4) is 17.4 Å². The number of rotatable bonds is 5. The predicted octanol–water partition coefficient (Wildman–Crippen LogP) is 3.82. The lowest BCUT2D eigenvalue weighted by Gasteiger charge is -2.11. The molecule has 0 atom stereocenters. The molecule has 110 valence electrons. The summed E-state index contributed by atoms with van der Waals surface area (Å²) in [6, 6.07) is 8.42. The minimum atomic E-state index is -0.481. The third-order valence-electron chi connectivity index (χ3n) is 2.58. The van der Waals surface area contributed by atoms with Gasteiger partial charge in [-0.15, -0.1) is 0 Å². The topological polar surface area (TPSA) is 57.7 Å². The van der Waals surface area contributed by atoms with Crippen LogP contribution in [0.15, 0.2) is 41.0 Å². The number of hydrogen-bond donors (Lipinski definition) is 0. The second-order valence-electron chi connectivity index (χ2n) is 4.00. The molecule has 0 spiro atoms. The van der Waals surface area contributed by atoms with E-state index in [-0.39, 0.29) is 0 Å². The summed E-state index contributed by atoms with van der Waals surface area (Å²) in [5.41, 5.74) is 0.311. The fraction of sp³-hybridized carbons (Fsp3) is 0.200. The van der Waals surface area contributed by atoms with E-state index >= 15 is 0 Å². The highest BCUT2D eigenvalue weighted by molar-refractivity contribution is 9.10. The van der Waals surface area contributed by atoms with Gasteiger partial charge in [0.15, 0.2) is 0 Å². The molecule has 0 aliphatic heterocycles. The summed E-state index contributed by atoms with van der Waals surface area (Å²) in [5.74, 6) is 0.835. The second-order valence-corrected chi connectivity index (χ2v) is 4.91. The predicted molar refractivity (Wildman–Crippen MR) is 81.0 cm³/mol. The summed E-state index contributed by atoms with van der Waals surface area (Å²) in [5, 5.41) is 0. The van der Waals surface area contributed by atoms with Crippen LogP contribution in [-0.2, 0) is 4.74 Å². The van der Waals surface area contributed by atoms with Crippen LogP contribution in [0.5, 0.6) is 17.4 Å². The maximum atomic E-state index is 11.8. The van der Waals surface area contributed by atoms with Crippen LogP contribution in [0.25, 0.3) is 0 Å². The Morgan fingerprint density at radius 1 is 1.29 bits per heavy atom. The lowest BCUT2D eigenvalue weighted by molar-refractivity contribution is 0.0598. The van der Waals surface area contributed by atoms with Gasteiger partial charge in [-0.25, -0.2) is 9.78 Å². The van der Waals surface area contributed by atoms with E-state index in [9.17, 15) is 4.79 Å². The Labute approximate surface area is 131 Å². The largest absolute Gasteiger partial charge is 0.494 e. The molecule has 0 unspecified atom stereocenters. The van der Waals surface area contributed by atoms with Gasteiger partial charge >= 0.3 is 5.97 Å². The van der Waals surface area contributed by atoms with E-state index in [1.54, 1.807) is 36.5 Å². The molecule has 1 aromatic carbocycles. The van der Waals surface area contributed by atoms with Crippen LogP contribution in [0.3, 0.4) is 0 Å². The normalized spacial score (nSPS) is 10.0. The summed E-state index contributed by atoms with van der Waals surface area (Å²) < 4.78 is 16.7. The van der Waals surface area contributed by atoms with Crippen molar-refractivity contribution in [2.45, 2.75) is 6.92 Å². The Balaban J connectivity index is 2.35.